The molecule has 3 aromatic rings. The van der Waals surface area contributed by atoms with Gasteiger partial charge in [0.25, 0.3) is 5.89 Å². The molecule has 4 nitrogen and oxygen atoms in total. The quantitative estimate of drug-likeness (QED) is 0.733. The van der Waals surface area contributed by atoms with E-state index in [1.807, 2.05) is 30.3 Å². The van der Waals surface area contributed by atoms with Gasteiger partial charge < -0.3 is 9.26 Å². The van der Waals surface area contributed by atoms with Crippen molar-refractivity contribution < 1.29 is 13.7 Å². The van der Waals surface area contributed by atoms with Crippen molar-refractivity contribution >= 4 is 0 Å². The number of hydrogen-bond acceptors (Lipinski definition) is 4. The Bertz CT molecular complexity index is 741. The number of nitrogens with zero attached hydrogens (tertiary/aromatic N) is 2. The van der Waals surface area contributed by atoms with Crippen LogP contribution in [0.3, 0.4) is 0 Å². The Labute approximate surface area is 121 Å². The first-order chi connectivity index (χ1) is 10.3. The second-order valence-corrected chi connectivity index (χ2v) is 4.53. The van der Waals surface area contributed by atoms with Crippen LogP contribution in [0.1, 0.15) is 5.56 Å². The topological polar surface area (TPSA) is 48.2 Å². The smallest absolute Gasteiger partial charge is 0.258 e. The highest BCUT2D eigenvalue weighted by Crippen LogP contribution is 2.24. The summed E-state index contributed by atoms with van der Waals surface area (Å²) < 4.78 is 24.0. The number of ether oxygens (including phenoxy) is 1. The Morgan fingerprint density at radius 1 is 1.10 bits per heavy atom. The summed E-state index contributed by atoms with van der Waals surface area (Å²) in [4.78, 5) is 4.29. The van der Waals surface area contributed by atoms with E-state index < -0.39 is 0 Å². The van der Waals surface area contributed by atoms with E-state index in [1.54, 1.807) is 12.1 Å². The van der Waals surface area contributed by atoms with Crippen LogP contribution in [0.4, 0.5) is 4.39 Å². The van der Waals surface area contributed by atoms with Crippen LogP contribution < -0.4 is 0 Å². The molecule has 0 aliphatic carbocycles. The molecule has 1 heterocycles. The Morgan fingerprint density at radius 3 is 2.62 bits per heavy atom. The number of aromatic nitrogens is 2. The monoisotopic (exact) mass is 284 g/mol. The van der Waals surface area contributed by atoms with Crippen LogP contribution in [0.15, 0.2) is 53.1 Å². The molecule has 3 rings (SSSR count). The van der Waals surface area contributed by atoms with E-state index in [2.05, 4.69) is 10.1 Å². The fourth-order valence-electron chi connectivity index (χ4n) is 2.00. The van der Waals surface area contributed by atoms with E-state index in [1.165, 1.54) is 13.2 Å². The zero-order chi connectivity index (χ0) is 14.7. The molecule has 0 N–H and O–H groups in total. The number of hydrogen-bond donors (Lipinski definition) is 0. The van der Waals surface area contributed by atoms with Gasteiger partial charge in [-0.3, -0.25) is 0 Å². The van der Waals surface area contributed by atoms with Gasteiger partial charge in [-0.1, -0.05) is 41.6 Å². The molecule has 0 atom stereocenters. The van der Waals surface area contributed by atoms with Gasteiger partial charge in [0, 0.05) is 23.8 Å². The largest absolute Gasteiger partial charge is 0.380 e. The SMILES string of the molecule is COCc1ccc(-c2nc(-c3ccccc3)no2)cc1F. The van der Waals surface area contributed by atoms with Crippen molar-refractivity contribution in [2.45, 2.75) is 6.61 Å². The fraction of sp³-hybridized carbons (Fsp3) is 0.125. The lowest BCUT2D eigenvalue weighted by Gasteiger charge is -2.02. The maximum Gasteiger partial charge on any atom is 0.258 e. The van der Waals surface area contributed by atoms with Gasteiger partial charge in [-0.25, -0.2) is 4.39 Å². The minimum absolute atomic E-state index is 0.227. The zero-order valence-corrected chi connectivity index (χ0v) is 11.4. The molecule has 0 unspecified atom stereocenters. The van der Waals surface area contributed by atoms with Crippen LogP contribution in [0, 0.1) is 5.82 Å². The molecule has 0 aliphatic heterocycles. The summed E-state index contributed by atoms with van der Waals surface area (Å²) in [5.74, 6) is 0.414. The molecular formula is C16H13FN2O2. The lowest BCUT2D eigenvalue weighted by atomic mass is 10.1. The number of methoxy groups -OCH3 is 1. The third-order valence-electron chi connectivity index (χ3n) is 3.06. The van der Waals surface area contributed by atoms with Gasteiger partial charge in [0.2, 0.25) is 5.82 Å². The first-order valence-corrected chi connectivity index (χ1v) is 6.45. The van der Waals surface area contributed by atoms with Gasteiger partial charge in [-0.15, -0.1) is 0 Å². The van der Waals surface area contributed by atoms with Gasteiger partial charge in [-0.05, 0) is 12.1 Å². The van der Waals surface area contributed by atoms with Gasteiger partial charge in [0.1, 0.15) is 5.82 Å². The molecule has 1 aromatic heterocycles. The van der Waals surface area contributed by atoms with Gasteiger partial charge >= 0.3 is 0 Å². The average Bonchev–Trinajstić information content (AvgIpc) is 3.00. The van der Waals surface area contributed by atoms with Crippen molar-refractivity contribution in [3.8, 4) is 22.8 Å². The molecule has 5 heteroatoms. The minimum Gasteiger partial charge on any atom is -0.380 e. The molecular weight excluding hydrogens is 271 g/mol. The summed E-state index contributed by atoms with van der Waals surface area (Å²) in [6.07, 6.45) is 0. The molecule has 0 bridgehead atoms. The zero-order valence-electron chi connectivity index (χ0n) is 11.4. The predicted octanol–water partition coefficient (Wildman–Crippen LogP) is 3.69. The second kappa shape index (κ2) is 5.85. The Hall–Kier alpha value is -2.53. The summed E-state index contributed by atoms with van der Waals surface area (Å²) in [5, 5.41) is 3.92. The first kappa shape index (κ1) is 13.5. The van der Waals surface area contributed by atoms with Crippen molar-refractivity contribution in [3.05, 3.63) is 59.9 Å². The van der Waals surface area contributed by atoms with E-state index >= 15 is 0 Å². The highest BCUT2D eigenvalue weighted by Gasteiger charge is 2.12. The molecule has 0 radical (unpaired) electrons. The summed E-state index contributed by atoms with van der Waals surface area (Å²) in [6, 6.07) is 14.2. The van der Waals surface area contributed by atoms with Crippen molar-refractivity contribution in [2.75, 3.05) is 7.11 Å². The normalized spacial score (nSPS) is 10.8. The van der Waals surface area contributed by atoms with Crippen LogP contribution in [0.5, 0.6) is 0 Å². The standard InChI is InChI=1S/C16H13FN2O2/c1-20-10-13-8-7-12(9-14(13)17)16-18-15(19-21-16)11-5-3-2-4-6-11/h2-9H,10H2,1H3. The Morgan fingerprint density at radius 2 is 1.90 bits per heavy atom. The number of benzene rings is 2. The molecule has 0 saturated carbocycles. The van der Waals surface area contributed by atoms with Crippen LogP contribution >= 0.6 is 0 Å². The fourth-order valence-corrected chi connectivity index (χ4v) is 2.00. The molecule has 2 aromatic carbocycles. The van der Waals surface area contributed by atoms with Gasteiger partial charge in [-0.2, -0.15) is 4.98 Å². The maximum absolute atomic E-state index is 13.9. The minimum atomic E-state index is -0.353. The van der Waals surface area contributed by atoms with E-state index in [0.29, 0.717) is 17.0 Å². The molecule has 0 saturated heterocycles. The summed E-state index contributed by atoms with van der Waals surface area (Å²) >= 11 is 0. The summed E-state index contributed by atoms with van der Waals surface area (Å²) in [5.41, 5.74) is 1.88. The van der Waals surface area contributed by atoms with E-state index in [4.69, 9.17) is 9.26 Å². The maximum atomic E-state index is 13.9. The highest BCUT2D eigenvalue weighted by atomic mass is 19.1. The van der Waals surface area contributed by atoms with Crippen LogP contribution in [-0.4, -0.2) is 17.3 Å². The molecule has 21 heavy (non-hydrogen) atoms. The number of halogens is 1. The van der Waals surface area contributed by atoms with E-state index in [9.17, 15) is 4.39 Å². The molecule has 0 amide bonds. The van der Waals surface area contributed by atoms with Crippen LogP contribution in [-0.2, 0) is 11.3 Å². The summed E-state index contributed by atoms with van der Waals surface area (Å²) in [6.45, 7) is 0.227. The van der Waals surface area contributed by atoms with Crippen molar-refractivity contribution in [1.82, 2.24) is 10.1 Å². The predicted molar refractivity (Wildman–Crippen MR) is 75.8 cm³/mol. The second-order valence-electron chi connectivity index (χ2n) is 4.53. The molecule has 106 valence electrons. The average molecular weight is 284 g/mol. The molecule has 0 fully saturated rings. The van der Waals surface area contributed by atoms with Crippen LogP contribution in [0.2, 0.25) is 0 Å². The van der Waals surface area contributed by atoms with Crippen molar-refractivity contribution in [2.24, 2.45) is 0 Å². The third-order valence-corrected chi connectivity index (χ3v) is 3.06. The molecule has 0 aliphatic rings. The van der Waals surface area contributed by atoms with E-state index in [0.717, 1.165) is 5.56 Å². The lowest BCUT2D eigenvalue weighted by Crippen LogP contribution is -1.93. The third kappa shape index (κ3) is 2.83. The molecule has 0 spiro atoms. The first-order valence-electron chi connectivity index (χ1n) is 6.45. The van der Waals surface area contributed by atoms with Crippen molar-refractivity contribution in [3.63, 3.8) is 0 Å². The Balaban J connectivity index is 1.91. The number of rotatable bonds is 4. The highest BCUT2D eigenvalue weighted by molar-refractivity contribution is 5.59. The summed E-state index contributed by atoms with van der Waals surface area (Å²) in [7, 11) is 1.53. The van der Waals surface area contributed by atoms with E-state index in [-0.39, 0.29) is 18.3 Å². The van der Waals surface area contributed by atoms with Gasteiger partial charge in [0.05, 0.1) is 6.61 Å². The van der Waals surface area contributed by atoms with Gasteiger partial charge in [0.15, 0.2) is 0 Å². The van der Waals surface area contributed by atoms with Crippen LogP contribution in [0.25, 0.3) is 22.8 Å². The lowest BCUT2D eigenvalue weighted by molar-refractivity contribution is 0.181. The van der Waals surface area contributed by atoms with Crippen molar-refractivity contribution in [1.29, 1.82) is 0 Å². The Kier molecular flexibility index (Phi) is 3.75.